The second kappa shape index (κ2) is 5.12. The quantitative estimate of drug-likeness (QED) is 0.905. The van der Waals surface area contributed by atoms with Crippen molar-refractivity contribution >= 4 is 0 Å². The van der Waals surface area contributed by atoms with Crippen LogP contribution in [-0.2, 0) is 12.0 Å². The lowest BCUT2D eigenvalue weighted by molar-refractivity contribution is 0.499. The van der Waals surface area contributed by atoms with Crippen molar-refractivity contribution in [2.45, 2.75) is 71.5 Å². The molecule has 19 heavy (non-hydrogen) atoms. The van der Waals surface area contributed by atoms with Crippen LogP contribution in [0.3, 0.4) is 0 Å². The Bertz CT molecular complexity index is 504. The second-order valence-corrected chi connectivity index (χ2v) is 6.94. The van der Waals surface area contributed by atoms with Crippen LogP contribution >= 0.6 is 0 Å². The summed E-state index contributed by atoms with van der Waals surface area (Å²) in [6, 6.07) is 4.96. The summed E-state index contributed by atoms with van der Waals surface area (Å²) >= 11 is 0. The van der Waals surface area contributed by atoms with Gasteiger partial charge in [0.15, 0.2) is 0 Å². The van der Waals surface area contributed by atoms with Crippen molar-refractivity contribution < 1.29 is 0 Å². The Labute approximate surface area is 116 Å². The minimum absolute atomic E-state index is 0.0196. The Hall–Kier alpha value is -1.09. The Morgan fingerprint density at radius 2 is 1.95 bits per heavy atom. The maximum Gasteiger partial charge on any atom is 0.255 e. The average Bonchev–Trinajstić information content (AvgIpc) is 3.09. The van der Waals surface area contributed by atoms with Crippen LogP contribution in [0.1, 0.15) is 64.8 Å². The van der Waals surface area contributed by atoms with Crippen LogP contribution in [0, 0.1) is 0 Å². The Morgan fingerprint density at radius 1 is 1.32 bits per heavy atom. The van der Waals surface area contributed by atoms with E-state index in [-0.39, 0.29) is 11.0 Å². The molecule has 0 saturated heterocycles. The Kier molecular flexibility index (Phi) is 3.86. The van der Waals surface area contributed by atoms with Gasteiger partial charge >= 0.3 is 0 Å². The van der Waals surface area contributed by atoms with E-state index in [1.807, 2.05) is 10.6 Å². The molecule has 1 aromatic rings. The van der Waals surface area contributed by atoms with Gasteiger partial charge in [0.1, 0.15) is 0 Å². The number of hydrogen-bond donors (Lipinski definition) is 1. The molecule has 1 aliphatic rings. The van der Waals surface area contributed by atoms with Gasteiger partial charge in [0.05, 0.1) is 0 Å². The molecule has 0 aliphatic heterocycles. The highest BCUT2D eigenvalue weighted by molar-refractivity contribution is 5.23. The molecule has 1 aliphatic carbocycles. The summed E-state index contributed by atoms with van der Waals surface area (Å²) in [6.07, 6.45) is 2.29. The fourth-order valence-corrected chi connectivity index (χ4v) is 2.35. The van der Waals surface area contributed by atoms with Crippen LogP contribution in [0.15, 0.2) is 16.9 Å². The molecular formula is C16H26N2O. The van der Waals surface area contributed by atoms with E-state index in [0.717, 1.165) is 24.1 Å². The predicted octanol–water partition coefficient (Wildman–Crippen LogP) is 2.98. The van der Waals surface area contributed by atoms with Crippen molar-refractivity contribution in [3.05, 3.63) is 33.7 Å². The lowest BCUT2D eigenvalue weighted by Gasteiger charge is -2.25. The maximum atomic E-state index is 12.7. The lowest BCUT2D eigenvalue weighted by atomic mass is 9.90. The first kappa shape index (κ1) is 14.3. The zero-order valence-electron chi connectivity index (χ0n) is 12.8. The normalized spacial score (nSPS) is 16.1. The zero-order chi connectivity index (χ0) is 14.2. The minimum atomic E-state index is 0.0196. The first-order chi connectivity index (χ1) is 8.80. The topological polar surface area (TPSA) is 34.0 Å². The highest BCUT2D eigenvalue weighted by Crippen LogP contribution is 2.37. The van der Waals surface area contributed by atoms with E-state index in [4.69, 9.17) is 0 Å². The third-order valence-corrected chi connectivity index (χ3v) is 3.58. The molecule has 0 aromatic carbocycles. The van der Waals surface area contributed by atoms with Crippen LogP contribution < -0.4 is 10.9 Å². The number of rotatable bonds is 4. The third-order valence-electron chi connectivity index (χ3n) is 3.58. The molecule has 1 saturated carbocycles. The first-order valence-corrected chi connectivity index (χ1v) is 7.29. The molecule has 0 radical (unpaired) electrons. The number of nitrogens with one attached hydrogen (secondary N) is 1. The van der Waals surface area contributed by atoms with E-state index < -0.39 is 0 Å². The van der Waals surface area contributed by atoms with Gasteiger partial charge in [-0.3, -0.25) is 4.79 Å². The predicted molar refractivity (Wildman–Crippen MR) is 79.6 cm³/mol. The van der Waals surface area contributed by atoms with Gasteiger partial charge in [-0.1, -0.05) is 40.7 Å². The van der Waals surface area contributed by atoms with Gasteiger partial charge in [0.2, 0.25) is 0 Å². The van der Waals surface area contributed by atoms with Crippen molar-refractivity contribution in [1.29, 1.82) is 0 Å². The zero-order valence-corrected chi connectivity index (χ0v) is 12.8. The summed E-state index contributed by atoms with van der Waals surface area (Å²) in [5, 5.41) is 3.33. The van der Waals surface area contributed by atoms with Crippen LogP contribution in [0.4, 0.5) is 0 Å². The standard InChI is InChI=1S/C16H26N2O/c1-11(2)17-10-12-6-9-14(16(3,4)5)18(15(12)19)13-7-8-13/h6,9,11,13,17H,7-8,10H2,1-5H3. The van der Waals surface area contributed by atoms with Gasteiger partial charge in [-0.2, -0.15) is 0 Å². The first-order valence-electron chi connectivity index (χ1n) is 7.29. The third kappa shape index (κ3) is 3.27. The van der Waals surface area contributed by atoms with Gasteiger partial charge in [-0.25, -0.2) is 0 Å². The molecule has 3 heteroatoms. The van der Waals surface area contributed by atoms with Crippen molar-refractivity contribution in [2.24, 2.45) is 0 Å². The van der Waals surface area contributed by atoms with Gasteiger partial charge in [-0.15, -0.1) is 0 Å². The fourth-order valence-electron chi connectivity index (χ4n) is 2.35. The van der Waals surface area contributed by atoms with E-state index >= 15 is 0 Å². The fraction of sp³-hybridized carbons (Fsp3) is 0.688. The molecule has 0 bridgehead atoms. The molecule has 2 rings (SSSR count). The van der Waals surface area contributed by atoms with Crippen LogP contribution in [-0.4, -0.2) is 10.6 Å². The largest absolute Gasteiger partial charge is 0.310 e. The molecule has 1 fully saturated rings. The van der Waals surface area contributed by atoms with Crippen LogP contribution in [0.5, 0.6) is 0 Å². The van der Waals surface area contributed by atoms with Gasteiger partial charge < -0.3 is 9.88 Å². The van der Waals surface area contributed by atoms with Crippen molar-refractivity contribution in [3.63, 3.8) is 0 Å². The number of nitrogens with zero attached hydrogens (tertiary/aromatic N) is 1. The lowest BCUT2D eigenvalue weighted by Crippen LogP contribution is -2.33. The molecule has 3 nitrogen and oxygen atoms in total. The van der Waals surface area contributed by atoms with E-state index in [9.17, 15) is 4.79 Å². The number of pyridine rings is 1. The van der Waals surface area contributed by atoms with Crippen molar-refractivity contribution in [2.75, 3.05) is 0 Å². The monoisotopic (exact) mass is 262 g/mol. The molecule has 1 heterocycles. The summed E-state index contributed by atoms with van der Waals surface area (Å²) in [6.45, 7) is 11.4. The Morgan fingerprint density at radius 3 is 2.42 bits per heavy atom. The van der Waals surface area contributed by atoms with Gasteiger partial charge in [0.25, 0.3) is 5.56 Å². The molecule has 0 atom stereocenters. The molecule has 1 aromatic heterocycles. The van der Waals surface area contributed by atoms with Crippen LogP contribution in [0.2, 0.25) is 0 Å². The van der Waals surface area contributed by atoms with Gasteiger partial charge in [-0.05, 0) is 18.9 Å². The van der Waals surface area contributed by atoms with E-state index in [1.54, 1.807) is 0 Å². The molecular weight excluding hydrogens is 236 g/mol. The van der Waals surface area contributed by atoms with E-state index in [0.29, 0.717) is 18.6 Å². The number of hydrogen-bond acceptors (Lipinski definition) is 2. The smallest absolute Gasteiger partial charge is 0.255 e. The molecule has 0 unspecified atom stereocenters. The summed E-state index contributed by atoms with van der Waals surface area (Å²) < 4.78 is 2.04. The number of aromatic nitrogens is 1. The molecule has 106 valence electrons. The Balaban J connectivity index is 2.40. The maximum absolute atomic E-state index is 12.7. The molecule has 0 amide bonds. The second-order valence-electron chi connectivity index (χ2n) is 6.94. The summed E-state index contributed by atoms with van der Waals surface area (Å²) in [7, 11) is 0. The summed E-state index contributed by atoms with van der Waals surface area (Å²) in [5.74, 6) is 0. The summed E-state index contributed by atoms with van der Waals surface area (Å²) in [4.78, 5) is 12.7. The van der Waals surface area contributed by atoms with Gasteiger partial charge in [0, 0.05) is 35.3 Å². The highest BCUT2D eigenvalue weighted by Gasteiger charge is 2.30. The average molecular weight is 262 g/mol. The van der Waals surface area contributed by atoms with E-state index in [2.05, 4.69) is 46.0 Å². The minimum Gasteiger partial charge on any atom is -0.310 e. The molecule has 0 spiro atoms. The molecule has 1 N–H and O–H groups in total. The van der Waals surface area contributed by atoms with Crippen molar-refractivity contribution in [1.82, 2.24) is 9.88 Å². The van der Waals surface area contributed by atoms with Crippen LogP contribution in [0.25, 0.3) is 0 Å². The SMILES string of the molecule is CC(C)NCc1ccc(C(C)(C)C)n(C2CC2)c1=O. The highest BCUT2D eigenvalue weighted by atomic mass is 16.1. The van der Waals surface area contributed by atoms with E-state index in [1.165, 1.54) is 0 Å². The van der Waals surface area contributed by atoms with Crippen molar-refractivity contribution in [3.8, 4) is 0 Å². The summed E-state index contributed by atoms with van der Waals surface area (Å²) in [5.41, 5.74) is 2.26.